The Morgan fingerprint density at radius 3 is 2.00 bits per heavy atom. The van der Waals surface area contributed by atoms with Gasteiger partial charge in [-0.1, -0.05) is 55.7 Å². The number of allylic oxidation sites excluding steroid dienone is 2. The monoisotopic (exact) mass is 582 g/mol. The van der Waals surface area contributed by atoms with Gasteiger partial charge in [0, 0.05) is 29.7 Å². The minimum Gasteiger partial charge on any atom is -0.389 e. The molecule has 0 aromatic carbocycles. The van der Waals surface area contributed by atoms with Crippen molar-refractivity contribution in [2.45, 2.75) is 103 Å². The second kappa shape index (κ2) is 14.4. The molecule has 224 valence electrons. The summed E-state index contributed by atoms with van der Waals surface area (Å²) in [5, 5.41) is 38.4. The first-order valence-corrected chi connectivity index (χ1v) is 17.4. The fraction of sp³-hybridized carbons (Fsp3) is 0.750. The number of hydrogen-bond acceptors (Lipinski definition) is 8. The van der Waals surface area contributed by atoms with Crippen LogP contribution in [0.3, 0.4) is 0 Å². The molecule has 0 aliphatic heterocycles. The third-order valence-electron chi connectivity index (χ3n) is 10.9. The van der Waals surface area contributed by atoms with Crippen LogP contribution in [-0.4, -0.2) is 60.7 Å². The number of hydrogen-bond donors (Lipinski definition) is 2. The number of aliphatic hydroxyl groups is 2. The van der Waals surface area contributed by atoms with Crippen LogP contribution in [0.1, 0.15) is 92.9 Å². The number of nitriles is 2. The Hall–Kier alpha value is -2.15. The maximum atomic E-state index is 12.2. The molecule has 41 heavy (non-hydrogen) atoms. The predicted octanol–water partition coefficient (Wildman–Crippen LogP) is 4.70. The van der Waals surface area contributed by atoms with E-state index in [1.165, 1.54) is 0 Å². The zero-order valence-electron chi connectivity index (χ0n) is 25.7. The molecule has 8 nitrogen and oxygen atoms in total. The molecule has 0 amide bonds. The number of aliphatic hydroxyl groups excluding tert-OH is 2. The average Bonchev–Trinajstić information content (AvgIpc) is 3.54. The van der Waals surface area contributed by atoms with E-state index in [1.54, 1.807) is 6.92 Å². The van der Waals surface area contributed by atoms with Crippen molar-refractivity contribution >= 4 is 37.3 Å². The second-order valence-corrected chi connectivity index (χ2v) is 16.0. The van der Waals surface area contributed by atoms with Gasteiger partial charge in [0.05, 0.1) is 16.9 Å². The van der Waals surface area contributed by atoms with Crippen molar-refractivity contribution in [1.82, 2.24) is 0 Å². The van der Waals surface area contributed by atoms with Crippen LogP contribution in [0.4, 0.5) is 0 Å². The highest BCUT2D eigenvalue weighted by Crippen LogP contribution is 2.60. The van der Waals surface area contributed by atoms with E-state index < -0.39 is 49.5 Å². The van der Waals surface area contributed by atoms with Crippen LogP contribution in [0.2, 0.25) is 10.6 Å². The van der Waals surface area contributed by atoms with Gasteiger partial charge in [-0.25, -0.2) is 5.26 Å². The van der Waals surface area contributed by atoms with Gasteiger partial charge >= 0.3 is 14.1 Å². The predicted molar refractivity (Wildman–Crippen MR) is 157 cm³/mol. The molecule has 0 aromatic heterocycles. The maximum absolute atomic E-state index is 12.2. The molecule has 0 aromatic rings. The minimum atomic E-state index is -0.879. The molecule has 9 heteroatoms. The van der Waals surface area contributed by atoms with E-state index in [2.05, 4.69) is 24.8 Å². The molecule has 0 heterocycles. The van der Waals surface area contributed by atoms with Gasteiger partial charge in [0.1, 0.15) is 19.0 Å². The van der Waals surface area contributed by atoms with E-state index in [-0.39, 0.29) is 35.0 Å². The van der Waals surface area contributed by atoms with E-state index in [0.717, 1.165) is 47.4 Å². The molecule has 6 atom stereocenters. The maximum Gasteiger partial charge on any atom is 0.421 e. The van der Waals surface area contributed by atoms with Crippen molar-refractivity contribution in [2.24, 2.45) is 34.0 Å². The summed E-state index contributed by atoms with van der Waals surface area (Å²) in [7, 11) is 0. The second-order valence-electron chi connectivity index (χ2n) is 12.7. The van der Waals surface area contributed by atoms with Crippen LogP contribution >= 0.6 is 0 Å². The molecule has 4 aliphatic carbocycles. The van der Waals surface area contributed by atoms with Crippen LogP contribution < -0.4 is 0 Å². The zero-order valence-corrected chi connectivity index (χ0v) is 26.9. The Bertz CT molecular complexity index is 1150. The van der Waals surface area contributed by atoms with Gasteiger partial charge in [-0.2, -0.15) is 5.26 Å². The highest BCUT2D eigenvalue weighted by Gasteiger charge is 2.63. The molecule has 0 unspecified atom stereocenters. The lowest BCUT2D eigenvalue weighted by molar-refractivity contribution is -0.150. The number of carbonyl (C=O) groups excluding carboxylic acids is 4. The number of ketones is 4. The van der Waals surface area contributed by atoms with Crippen molar-refractivity contribution in [3.63, 3.8) is 0 Å². The lowest BCUT2D eigenvalue weighted by atomic mass is 9.51. The first kappa shape index (κ1) is 35.1. The van der Waals surface area contributed by atoms with Crippen molar-refractivity contribution in [2.75, 3.05) is 13.2 Å². The SMILES string of the molecule is C[C@@H]1CCC2=C(C(=O)CC2)[C@]1(C)C(=O)CO.C[C@@H]1CC[C@@]2(C#N)CCC(=O)[C@@H]2[C@]1(C)C(=O)CO.C[CH2][Al]([C]#N)[CH2]C. The Morgan fingerprint density at radius 1 is 0.902 bits per heavy atom. The average molecular weight is 583 g/mol. The molecular weight excluding hydrogens is 535 g/mol. The number of fused-ring (bicyclic) bond motifs is 1. The summed E-state index contributed by atoms with van der Waals surface area (Å²) < 4.78 is 0. The number of rotatable bonds is 6. The van der Waals surface area contributed by atoms with Gasteiger partial charge < -0.3 is 10.2 Å². The van der Waals surface area contributed by atoms with E-state index >= 15 is 0 Å². The molecule has 0 spiro atoms. The van der Waals surface area contributed by atoms with Gasteiger partial charge in [-0.3, -0.25) is 19.2 Å². The Labute approximate surface area is 249 Å². The van der Waals surface area contributed by atoms with Gasteiger partial charge in [0.25, 0.3) is 0 Å². The first-order valence-electron chi connectivity index (χ1n) is 15.2. The summed E-state index contributed by atoms with van der Waals surface area (Å²) in [4.78, 5) is 50.5. The quantitative estimate of drug-likeness (QED) is 0.427. The summed E-state index contributed by atoms with van der Waals surface area (Å²) in [6, 6.07) is 2.31. The van der Waals surface area contributed by atoms with Gasteiger partial charge in [0.15, 0.2) is 17.3 Å². The van der Waals surface area contributed by atoms with Crippen LogP contribution in [0.5, 0.6) is 0 Å². The van der Waals surface area contributed by atoms with Gasteiger partial charge in [-0.05, 0) is 57.3 Å². The minimum absolute atomic E-state index is 0.0207. The summed E-state index contributed by atoms with van der Waals surface area (Å²) >= 11 is -0.866. The van der Waals surface area contributed by atoms with Crippen molar-refractivity contribution < 1.29 is 29.4 Å². The van der Waals surface area contributed by atoms with Crippen LogP contribution in [0.25, 0.3) is 0 Å². The van der Waals surface area contributed by atoms with Gasteiger partial charge in [0.2, 0.25) is 0 Å². The number of Topliss-reactive ketones (excluding diaryl/α,β-unsaturated/α-hetero) is 4. The molecule has 4 rings (SSSR count). The van der Waals surface area contributed by atoms with Crippen molar-refractivity contribution in [3.05, 3.63) is 11.1 Å². The van der Waals surface area contributed by atoms with E-state index in [1.807, 2.05) is 20.8 Å². The standard InChI is InChI=1S/C14H19NO3.C13H18O3.2C2H5.CN.Al/c1-9-3-5-14(8-15)6-4-10(17)12(14)13(9,2)11(18)7-16;1-8-3-4-9-5-6-10(15)12(9)13(8,2)11(16)7-14;3*1-2;/h9,12,16H,3-7H2,1-2H3;8,14H,3-7H2,1-2H3;2*1H2,2H3;;/t9-,12-,13+,14+;8-,13+;;;;/m11..../s1. The lowest BCUT2D eigenvalue weighted by Crippen LogP contribution is -2.53. The van der Waals surface area contributed by atoms with Crippen LogP contribution in [0.15, 0.2) is 11.1 Å². The summed E-state index contributed by atoms with van der Waals surface area (Å²) in [6.07, 6.45) is 5.65. The largest absolute Gasteiger partial charge is 0.421 e. The topological polar surface area (TPSA) is 156 Å². The molecule has 2 N–H and O–H groups in total. The fourth-order valence-corrected chi connectivity index (χ4v) is 8.50. The molecule has 0 radical (unpaired) electrons. The fourth-order valence-electron chi connectivity index (χ4n) is 7.56. The summed E-state index contributed by atoms with van der Waals surface area (Å²) in [5.74, 6) is -0.715. The van der Waals surface area contributed by atoms with E-state index in [4.69, 9.17) is 10.4 Å². The molecular formula is C32H47AlN2O6. The Morgan fingerprint density at radius 2 is 1.51 bits per heavy atom. The normalized spacial score (nSPS) is 33.7. The highest BCUT2D eigenvalue weighted by atomic mass is 27.2. The van der Waals surface area contributed by atoms with E-state index in [0.29, 0.717) is 25.7 Å². The third kappa shape index (κ3) is 6.45. The van der Waals surface area contributed by atoms with Gasteiger partial charge in [-0.15, -0.1) is 0 Å². The number of carbonyl (C=O) groups is 4. The van der Waals surface area contributed by atoms with Crippen molar-refractivity contribution in [3.8, 4) is 11.0 Å². The molecule has 2 saturated carbocycles. The highest BCUT2D eigenvalue weighted by molar-refractivity contribution is 6.66. The molecule has 4 aliphatic rings. The van der Waals surface area contributed by atoms with E-state index in [9.17, 15) is 29.5 Å². The van der Waals surface area contributed by atoms with Crippen molar-refractivity contribution in [1.29, 1.82) is 10.5 Å². The lowest BCUT2D eigenvalue weighted by Gasteiger charge is -2.48. The first-order chi connectivity index (χ1) is 19.3. The molecule has 2 fully saturated rings. The third-order valence-corrected chi connectivity index (χ3v) is 13.2. The van der Waals surface area contributed by atoms with Crippen LogP contribution in [-0.2, 0) is 19.2 Å². The Kier molecular flexibility index (Phi) is 12.3. The number of nitrogens with zero attached hydrogens (tertiary/aromatic N) is 2. The molecule has 0 saturated heterocycles. The summed E-state index contributed by atoms with van der Waals surface area (Å²) in [6.45, 7) is 10.7. The zero-order chi connectivity index (χ0) is 31.2. The Balaban J connectivity index is 0.000000236. The summed E-state index contributed by atoms with van der Waals surface area (Å²) in [5.41, 5.74) is -0.409. The van der Waals surface area contributed by atoms with Crippen LogP contribution in [0, 0.1) is 55.5 Å². The smallest absolute Gasteiger partial charge is 0.389 e. The molecule has 0 bridgehead atoms.